The predicted octanol–water partition coefficient (Wildman–Crippen LogP) is 4.77. The minimum atomic E-state index is -0.156. The molecule has 0 N–H and O–H groups in total. The van der Waals surface area contributed by atoms with Gasteiger partial charge in [0.05, 0.1) is 5.02 Å². The highest BCUT2D eigenvalue weighted by Crippen LogP contribution is 2.26. The van der Waals surface area contributed by atoms with E-state index < -0.39 is 0 Å². The van der Waals surface area contributed by atoms with Crippen LogP contribution >= 0.6 is 23.2 Å². The van der Waals surface area contributed by atoms with Crippen molar-refractivity contribution in [3.8, 4) is 0 Å². The molecule has 0 aliphatic heterocycles. The first-order chi connectivity index (χ1) is 9.66. The number of aromatic nitrogens is 1. The van der Waals surface area contributed by atoms with Crippen molar-refractivity contribution in [2.24, 2.45) is 0 Å². The molecular formula is C16H9Cl2NO. The van der Waals surface area contributed by atoms with Crippen molar-refractivity contribution in [3.05, 3.63) is 76.0 Å². The van der Waals surface area contributed by atoms with E-state index in [-0.39, 0.29) is 5.78 Å². The molecule has 0 aliphatic carbocycles. The maximum atomic E-state index is 12.7. The Labute approximate surface area is 126 Å². The van der Waals surface area contributed by atoms with Gasteiger partial charge in [-0.25, -0.2) is 0 Å². The van der Waals surface area contributed by atoms with Gasteiger partial charge >= 0.3 is 0 Å². The van der Waals surface area contributed by atoms with Crippen molar-refractivity contribution >= 4 is 39.8 Å². The summed E-state index contributed by atoms with van der Waals surface area (Å²) in [6.45, 7) is 0. The highest BCUT2D eigenvalue weighted by atomic mass is 35.5. The SMILES string of the molecule is O=C(c1cc(Cl)ccc1Cl)c1cccc2ccncc12. The quantitative estimate of drug-likeness (QED) is 0.638. The lowest BCUT2D eigenvalue weighted by Gasteiger charge is -2.07. The van der Waals surface area contributed by atoms with Gasteiger partial charge in [0, 0.05) is 33.9 Å². The fraction of sp³-hybridized carbons (Fsp3) is 0. The molecule has 3 aromatic rings. The van der Waals surface area contributed by atoms with Crippen molar-refractivity contribution in [2.75, 3.05) is 0 Å². The third kappa shape index (κ3) is 2.28. The van der Waals surface area contributed by atoms with E-state index in [9.17, 15) is 4.79 Å². The minimum absolute atomic E-state index is 0.156. The van der Waals surface area contributed by atoms with Crippen LogP contribution in [0.1, 0.15) is 15.9 Å². The lowest BCUT2D eigenvalue weighted by molar-refractivity contribution is 0.104. The average Bonchev–Trinajstić information content (AvgIpc) is 2.48. The van der Waals surface area contributed by atoms with Crippen LogP contribution in [-0.2, 0) is 0 Å². The van der Waals surface area contributed by atoms with E-state index in [4.69, 9.17) is 23.2 Å². The van der Waals surface area contributed by atoms with Crippen molar-refractivity contribution in [2.45, 2.75) is 0 Å². The predicted molar refractivity (Wildman–Crippen MR) is 81.6 cm³/mol. The Bertz CT molecular complexity index is 809. The average molecular weight is 302 g/mol. The molecule has 2 nitrogen and oxygen atoms in total. The second-order valence-electron chi connectivity index (χ2n) is 4.36. The number of fused-ring (bicyclic) bond motifs is 1. The first kappa shape index (κ1) is 13.1. The number of ketones is 1. The molecule has 0 radical (unpaired) electrons. The van der Waals surface area contributed by atoms with Crippen molar-refractivity contribution in [1.82, 2.24) is 4.98 Å². The normalized spacial score (nSPS) is 10.7. The van der Waals surface area contributed by atoms with Crippen LogP contribution in [0.4, 0.5) is 0 Å². The third-order valence-corrected chi connectivity index (χ3v) is 3.67. The zero-order valence-corrected chi connectivity index (χ0v) is 11.8. The molecule has 3 rings (SSSR count). The van der Waals surface area contributed by atoms with E-state index in [0.717, 1.165) is 10.8 Å². The molecule has 20 heavy (non-hydrogen) atoms. The number of benzene rings is 2. The number of carbonyl (C=O) groups excluding carboxylic acids is 1. The molecule has 1 aromatic heterocycles. The summed E-state index contributed by atoms with van der Waals surface area (Å²) in [5.41, 5.74) is 0.968. The minimum Gasteiger partial charge on any atom is -0.289 e. The smallest absolute Gasteiger partial charge is 0.195 e. The molecule has 0 atom stereocenters. The van der Waals surface area contributed by atoms with Gasteiger partial charge < -0.3 is 0 Å². The molecule has 0 aliphatic rings. The number of hydrogen-bond donors (Lipinski definition) is 0. The second-order valence-corrected chi connectivity index (χ2v) is 5.20. The van der Waals surface area contributed by atoms with E-state index in [0.29, 0.717) is 21.2 Å². The summed E-state index contributed by atoms with van der Waals surface area (Å²) in [5, 5.41) is 2.64. The Kier molecular flexibility index (Phi) is 3.43. The zero-order valence-electron chi connectivity index (χ0n) is 10.3. The van der Waals surface area contributed by atoms with Crippen LogP contribution in [-0.4, -0.2) is 10.8 Å². The second kappa shape index (κ2) is 5.23. The van der Waals surface area contributed by atoms with E-state index in [1.165, 1.54) is 0 Å². The number of nitrogens with zero attached hydrogens (tertiary/aromatic N) is 1. The lowest BCUT2D eigenvalue weighted by atomic mass is 9.98. The van der Waals surface area contributed by atoms with Crippen molar-refractivity contribution < 1.29 is 4.79 Å². The molecule has 0 saturated carbocycles. The summed E-state index contributed by atoms with van der Waals surface area (Å²) in [5.74, 6) is -0.156. The fourth-order valence-electron chi connectivity index (χ4n) is 2.13. The first-order valence-electron chi connectivity index (χ1n) is 5.99. The Morgan fingerprint density at radius 1 is 1.00 bits per heavy atom. The molecule has 4 heteroatoms. The van der Waals surface area contributed by atoms with Crippen LogP contribution < -0.4 is 0 Å². The van der Waals surface area contributed by atoms with Crippen LogP contribution in [0, 0.1) is 0 Å². The van der Waals surface area contributed by atoms with Gasteiger partial charge in [-0.1, -0.05) is 41.4 Å². The van der Waals surface area contributed by atoms with Crippen LogP contribution in [0.3, 0.4) is 0 Å². The molecule has 1 heterocycles. The van der Waals surface area contributed by atoms with Gasteiger partial charge in [0.1, 0.15) is 0 Å². The zero-order chi connectivity index (χ0) is 14.1. The Morgan fingerprint density at radius 3 is 2.70 bits per heavy atom. The maximum Gasteiger partial charge on any atom is 0.195 e. The number of halogens is 2. The van der Waals surface area contributed by atoms with E-state index in [1.807, 2.05) is 18.2 Å². The summed E-state index contributed by atoms with van der Waals surface area (Å²) < 4.78 is 0. The fourth-order valence-corrected chi connectivity index (χ4v) is 2.50. The van der Waals surface area contributed by atoms with Gasteiger partial charge in [0.25, 0.3) is 0 Å². The summed E-state index contributed by atoms with van der Waals surface area (Å²) in [6.07, 6.45) is 3.38. The molecule has 98 valence electrons. The monoisotopic (exact) mass is 301 g/mol. The standard InChI is InChI=1S/C16H9Cl2NO/c17-11-4-5-15(18)13(8-11)16(20)12-3-1-2-10-6-7-19-9-14(10)12/h1-9H. The Balaban J connectivity index is 2.20. The molecule has 2 aromatic carbocycles. The van der Waals surface area contributed by atoms with E-state index >= 15 is 0 Å². The van der Waals surface area contributed by atoms with Crippen molar-refractivity contribution in [1.29, 1.82) is 0 Å². The lowest BCUT2D eigenvalue weighted by Crippen LogP contribution is -2.03. The van der Waals surface area contributed by atoms with Gasteiger partial charge in [-0.15, -0.1) is 0 Å². The van der Waals surface area contributed by atoms with Gasteiger partial charge in [-0.05, 0) is 29.7 Å². The van der Waals surface area contributed by atoms with Crippen LogP contribution in [0.25, 0.3) is 10.8 Å². The van der Waals surface area contributed by atoms with Gasteiger partial charge in [0.2, 0.25) is 0 Å². The number of hydrogen-bond acceptors (Lipinski definition) is 2. The Morgan fingerprint density at radius 2 is 1.85 bits per heavy atom. The first-order valence-corrected chi connectivity index (χ1v) is 6.75. The third-order valence-electron chi connectivity index (χ3n) is 3.10. The summed E-state index contributed by atoms with van der Waals surface area (Å²) >= 11 is 12.0. The largest absolute Gasteiger partial charge is 0.289 e. The van der Waals surface area contributed by atoms with Crippen molar-refractivity contribution in [3.63, 3.8) is 0 Å². The van der Waals surface area contributed by atoms with Gasteiger partial charge in [-0.3, -0.25) is 9.78 Å². The summed E-state index contributed by atoms with van der Waals surface area (Å²) in [7, 11) is 0. The summed E-state index contributed by atoms with van der Waals surface area (Å²) in [6, 6.07) is 12.3. The molecule has 0 bridgehead atoms. The van der Waals surface area contributed by atoms with Crippen LogP contribution in [0.2, 0.25) is 10.0 Å². The van der Waals surface area contributed by atoms with E-state index in [1.54, 1.807) is 36.7 Å². The molecule has 0 spiro atoms. The number of carbonyl (C=O) groups is 1. The van der Waals surface area contributed by atoms with Crippen LogP contribution in [0.5, 0.6) is 0 Å². The molecular weight excluding hydrogens is 293 g/mol. The topological polar surface area (TPSA) is 30.0 Å². The number of rotatable bonds is 2. The number of pyridine rings is 1. The summed E-state index contributed by atoms with van der Waals surface area (Å²) in [4.78, 5) is 16.7. The van der Waals surface area contributed by atoms with Crippen LogP contribution in [0.15, 0.2) is 54.9 Å². The van der Waals surface area contributed by atoms with Gasteiger partial charge in [0.15, 0.2) is 5.78 Å². The highest BCUT2D eigenvalue weighted by Gasteiger charge is 2.15. The molecule has 0 saturated heterocycles. The Hall–Kier alpha value is -1.90. The molecule has 0 amide bonds. The maximum absolute atomic E-state index is 12.7. The van der Waals surface area contributed by atoms with Gasteiger partial charge in [-0.2, -0.15) is 0 Å². The van der Waals surface area contributed by atoms with E-state index in [2.05, 4.69) is 4.98 Å². The molecule has 0 fully saturated rings. The highest BCUT2D eigenvalue weighted by molar-refractivity contribution is 6.37. The molecule has 0 unspecified atom stereocenters.